The van der Waals surface area contributed by atoms with Crippen molar-refractivity contribution >= 4 is 18.6 Å². The molecule has 0 bridgehead atoms. The lowest BCUT2D eigenvalue weighted by atomic mass is 10.1. The second kappa shape index (κ2) is 7.30. The van der Waals surface area contributed by atoms with Gasteiger partial charge in [-0.15, -0.1) is 0 Å². The van der Waals surface area contributed by atoms with E-state index in [1.54, 1.807) is 0 Å². The maximum absolute atomic E-state index is 10.7. The smallest absolute Gasteiger partial charge is 0.321 e. The molecule has 1 atom stereocenters. The zero-order chi connectivity index (χ0) is 11.8. The normalized spacial score (nSPS) is 12.3. The second-order valence-corrected chi connectivity index (χ2v) is 3.98. The van der Waals surface area contributed by atoms with E-state index in [0.29, 0.717) is 12.3 Å². The molecule has 0 spiro atoms. The van der Waals surface area contributed by atoms with E-state index in [-0.39, 0.29) is 0 Å². The van der Waals surface area contributed by atoms with Gasteiger partial charge in [0.25, 0.3) is 0 Å². The molecule has 0 fully saturated rings. The van der Waals surface area contributed by atoms with E-state index >= 15 is 0 Å². The molecule has 4 heteroatoms. The fourth-order valence-electron chi connectivity index (χ4n) is 1.44. The highest BCUT2D eigenvalue weighted by Crippen LogP contribution is 2.01. The van der Waals surface area contributed by atoms with E-state index in [4.69, 9.17) is 5.11 Å². The number of hydrogen-bond donors (Lipinski definition) is 3. The Bertz CT molecular complexity index is 316. The summed E-state index contributed by atoms with van der Waals surface area (Å²) in [4.78, 5) is 10.7. The van der Waals surface area contributed by atoms with Crippen LogP contribution in [0.4, 0.5) is 0 Å². The lowest BCUT2D eigenvalue weighted by molar-refractivity contribution is -0.138. The minimum absolute atomic E-state index is 0.320. The maximum Gasteiger partial charge on any atom is 0.321 e. The standard InChI is InChI=1S/C12H17NO2S/c14-12(15)11(9-16)13-8-4-7-10-5-2-1-3-6-10/h1-3,5-6,11,13,16H,4,7-9H2,(H,14,15). The lowest BCUT2D eigenvalue weighted by Crippen LogP contribution is -2.38. The van der Waals surface area contributed by atoms with Crippen molar-refractivity contribution < 1.29 is 9.90 Å². The van der Waals surface area contributed by atoms with Gasteiger partial charge in [0.1, 0.15) is 6.04 Å². The van der Waals surface area contributed by atoms with Crippen molar-refractivity contribution in [2.24, 2.45) is 0 Å². The number of carbonyl (C=O) groups is 1. The van der Waals surface area contributed by atoms with Crippen LogP contribution in [-0.4, -0.2) is 29.4 Å². The quantitative estimate of drug-likeness (QED) is 0.500. The molecule has 0 saturated heterocycles. The van der Waals surface area contributed by atoms with Gasteiger partial charge in [0.15, 0.2) is 0 Å². The van der Waals surface area contributed by atoms with Crippen LogP contribution < -0.4 is 5.32 Å². The molecule has 1 aromatic rings. The third kappa shape index (κ3) is 4.68. The summed E-state index contributed by atoms with van der Waals surface area (Å²) in [5.74, 6) is -0.518. The monoisotopic (exact) mass is 239 g/mol. The number of nitrogens with one attached hydrogen (secondary N) is 1. The van der Waals surface area contributed by atoms with E-state index < -0.39 is 12.0 Å². The van der Waals surface area contributed by atoms with Crippen LogP contribution in [0.15, 0.2) is 30.3 Å². The van der Waals surface area contributed by atoms with Gasteiger partial charge in [0.05, 0.1) is 0 Å². The molecular weight excluding hydrogens is 222 g/mol. The minimum Gasteiger partial charge on any atom is -0.480 e. The molecule has 0 aromatic heterocycles. The van der Waals surface area contributed by atoms with Gasteiger partial charge in [-0.3, -0.25) is 4.79 Å². The van der Waals surface area contributed by atoms with Crippen LogP contribution >= 0.6 is 12.6 Å². The van der Waals surface area contributed by atoms with Gasteiger partial charge in [-0.1, -0.05) is 30.3 Å². The van der Waals surface area contributed by atoms with Crippen molar-refractivity contribution in [3.05, 3.63) is 35.9 Å². The van der Waals surface area contributed by atoms with Gasteiger partial charge in [0, 0.05) is 5.75 Å². The average molecular weight is 239 g/mol. The van der Waals surface area contributed by atoms with Crippen molar-refractivity contribution in [1.29, 1.82) is 0 Å². The van der Waals surface area contributed by atoms with Gasteiger partial charge >= 0.3 is 5.97 Å². The Labute approximate surface area is 101 Å². The summed E-state index contributed by atoms with van der Waals surface area (Å²) in [6.45, 7) is 0.701. The van der Waals surface area contributed by atoms with E-state index in [2.05, 4.69) is 30.1 Å². The average Bonchev–Trinajstić information content (AvgIpc) is 2.30. The highest BCUT2D eigenvalue weighted by Gasteiger charge is 2.13. The van der Waals surface area contributed by atoms with Gasteiger partial charge in [0.2, 0.25) is 0 Å². The highest BCUT2D eigenvalue weighted by molar-refractivity contribution is 7.80. The Morgan fingerprint density at radius 3 is 2.62 bits per heavy atom. The van der Waals surface area contributed by atoms with Gasteiger partial charge in [-0.2, -0.15) is 12.6 Å². The second-order valence-electron chi connectivity index (χ2n) is 3.62. The predicted octanol–water partition coefficient (Wildman–Crippen LogP) is 1.59. The van der Waals surface area contributed by atoms with E-state index in [1.807, 2.05) is 18.2 Å². The Kier molecular flexibility index (Phi) is 5.96. The Hall–Kier alpha value is -1.00. The molecule has 0 saturated carbocycles. The first-order chi connectivity index (χ1) is 7.74. The summed E-state index contributed by atoms with van der Waals surface area (Å²) >= 11 is 3.98. The molecule has 88 valence electrons. The maximum atomic E-state index is 10.7. The SMILES string of the molecule is O=C(O)C(CS)NCCCc1ccccc1. The molecule has 0 amide bonds. The molecule has 0 aliphatic carbocycles. The fraction of sp³-hybridized carbons (Fsp3) is 0.417. The number of rotatable bonds is 7. The van der Waals surface area contributed by atoms with Crippen molar-refractivity contribution in [3.8, 4) is 0 Å². The number of benzene rings is 1. The summed E-state index contributed by atoms with van der Waals surface area (Å²) < 4.78 is 0. The van der Waals surface area contributed by atoms with Gasteiger partial charge in [-0.25, -0.2) is 0 Å². The van der Waals surface area contributed by atoms with Crippen LogP contribution in [-0.2, 0) is 11.2 Å². The van der Waals surface area contributed by atoms with Crippen LogP contribution in [0, 0.1) is 0 Å². The number of hydrogen-bond acceptors (Lipinski definition) is 3. The molecular formula is C12H17NO2S. The van der Waals surface area contributed by atoms with Gasteiger partial charge < -0.3 is 10.4 Å². The summed E-state index contributed by atoms with van der Waals surface area (Å²) in [6.07, 6.45) is 1.90. The third-order valence-electron chi connectivity index (χ3n) is 2.36. The summed E-state index contributed by atoms with van der Waals surface area (Å²) in [5, 5.41) is 11.7. The van der Waals surface area contributed by atoms with Crippen molar-refractivity contribution in [2.75, 3.05) is 12.3 Å². The first-order valence-electron chi connectivity index (χ1n) is 5.35. The first-order valence-corrected chi connectivity index (χ1v) is 5.98. The van der Waals surface area contributed by atoms with Crippen LogP contribution in [0.3, 0.4) is 0 Å². The Morgan fingerprint density at radius 1 is 1.38 bits per heavy atom. The van der Waals surface area contributed by atoms with Crippen molar-refractivity contribution in [2.45, 2.75) is 18.9 Å². The number of carboxylic acids is 1. The zero-order valence-corrected chi connectivity index (χ0v) is 9.99. The van der Waals surface area contributed by atoms with Crippen LogP contribution in [0.1, 0.15) is 12.0 Å². The number of aliphatic carboxylic acids is 1. The van der Waals surface area contributed by atoms with E-state index in [9.17, 15) is 4.79 Å². The molecule has 0 aliphatic heterocycles. The molecule has 2 N–H and O–H groups in total. The fourth-order valence-corrected chi connectivity index (χ4v) is 1.73. The molecule has 0 heterocycles. The van der Waals surface area contributed by atoms with Gasteiger partial charge in [-0.05, 0) is 24.9 Å². The molecule has 1 unspecified atom stereocenters. The predicted molar refractivity (Wildman–Crippen MR) is 68.0 cm³/mol. The van der Waals surface area contributed by atoms with Crippen molar-refractivity contribution in [1.82, 2.24) is 5.32 Å². The molecule has 0 aliphatic rings. The summed E-state index contributed by atoms with van der Waals surface area (Å²) in [7, 11) is 0. The Balaban J connectivity index is 2.19. The van der Waals surface area contributed by atoms with Crippen LogP contribution in [0.5, 0.6) is 0 Å². The van der Waals surface area contributed by atoms with Crippen molar-refractivity contribution in [3.63, 3.8) is 0 Å². The van der Waals surface area contributed by atoms with Crippen LogP contribution in [0.2, 0.25) is 0 Å². The number of aryl methyl sites for hydroxylation is 1. The number of carboxylic acid groups (broad SMARTS) is 1. The zero-order valence-electron chi connectivity index (χ0n) is 9.10. The van der Waals surface area contributed by atoms with E-state index in [1.165, 1.54) is 5.56 Å². The lowest BCUT2D eigenvalue weighted by Gasteiger charge is -2.11. The van der Waals surface area contributed by atoms with E-state index in [0.717, 1.165) is 12.8 Å². The summed E-state index contributed by atoms with van der Waals surface area (Å²) in [6, 6.07) is 9.62. The highest BCUT2D eigenvalue weighted by atomic mass is 32.1. The van der Waals surface area contributed by atoms with Crippen LogP contribution in [0.25, 0.3) is 0 Å². The summed E-state index contributed by atoms with van der Waals surface area (Å²) in [5.41, 5.74) is 1.28. The molecule has 1 aromatic carbocycles. The Morgan fingerprint density at radius 2 is 2.06 bits per heavy atom. The topological polar surface area (TPSA) is 49.3 Å². The molecule has 1 rings (SSSR count). The number of thiol groups is 1. The molecule has 3 nitrogen and oxygen atoms in total. The molecule has 16 heavy (non-hydrogen) atoms. The minimum atomic E-state index is -0.838. The largest absolute Gasteiger partial charge is 0.480 e. The molecule has 0 radical (unpaired) electrons. The first kappa shape index (κ1) is 13.1. The third-order valence-corrected chi connectivity index (χ3v) is 2.72.